The van der Waals surface area contributed by atoms with Gasteiger partial charge in [0.2, 0.25) is 0 Å². The van der Waals surface area contributed by atoms with Crippen LogP contribution in [0.2, 0.25) is 0 Å². The summed E-state index contributed by atoms with van der Waals surface area (Å²) in [5.74, 6) is -2.44. The van der Waals surface area contributed by atoms with Gasteiger partial charge in [-0.15, -0.1) is 0 Å². The lowest BCUT2D eigenvalue weighted by Gasteiger charge is -2.10. The molecule has 0 aliphatic heterocycles. The molecule has 0 spiro atoms. The zero-order chi connectivity index (χ0) is 17.4. The van der Waals surface area contributed by atoms with E-state index in [9.17, 15) is 13.6 Å². The van der Waals surface area contributed by atoms with Crippen LogP contribution in [0.4, 0.5) is 8.78 Å². The van der Waals surface area contributed by atoms with Gasteiger partial charge in [0, 0.05) is 6.08 Å². The van der Waals surface area contributed by atoms with Crippen LogP contribution < -0.4 is 4.74 Å². The largest absolute Gasteiger partial charge is 0.483 e. The summed E-state index contributed by atoms with van der Waals surface area (Å²) in [5.41, 5.74) is 1.22. The number of esters is 1. The molecule has 2 aromatic rings. The van der Waals surface area contributed by atoms with E-state index in [1.54, 1.807) is 6.92 Å². The molecular formula is C19H18F2O3. The van der Waals surface area contributed by atoms with Gasteiger partial charge in [-0.3, -0.25) is 0 Å². The van der Waals surface area contributed by atoms with Crippen molar-refractivity contribution < 1.29 is 23.0 Å². The fourth-order valence-electron chi connectivity index (χ4n) is 2.08. The summed E-state index contributed by atoms with van der Waals surface area (Å²) >= 11 is 0. The third-order valence-electron chi connectivity index (χ3n) is 3.18. The summed E-state index contributed by atoms with van der Waals surface area (Å²) in [4.78, 5) is 11.2. The van der Waals surface area contributed by atoms with E-state index in [4.69, 9.17) is 9.47 Å². The van der Waals surface area contributed by atoms with Gasteiger partial charge in [-0.2, -0.15) is 0 Å². The standard InChI is InChI=1S/C19H18F2O3/c1-2-23-18(22)10-6-9-15-11-16(20)19(17(21)12-15)24-13-14-7-4-3-5-8-14/h3-8,10-12H,2,9,13H2,1H3/b10-6+. The van der Waals surface area contributed by atoms with E-state index in [1.165, 1.54) is 24.3 Å². The molecule has 0 amide bonds. The number of carbonyl (C=O) groups is 1. The number of halogens is 2. The normalized spacial score (nSPS) is 10.8. The van der Waals surface area contributed by atoms with E-state index in [0.29, 0.717) is 5.56 Å². The first kappa shape index (κ1) is 17.7. The molecule has 0 saturated heterocycles. The highest BCUT2D eigenvalue weighted by Gasteiger charge is 2.12. The first-order valence-corrected chi connectivity index (χ1v) is 7.58. The number of carbonyl (C=O) groups excluding carboxylic acids is 1. The summed E-state index contributed by atoms with van der Waals surface area (Å²) in [6.07, 6.45) is 2.95. The molecule has 0 N–H and O–H groups in total. The molecule has 0 radical (unpaired) electrons. The summed E-state index contributed by atoms with van der Waals surface area (Å²) in [7, 11) is 0. The maximum Gasteiger partial charge on any atom is 0.330 e. The van der Waals surface area contributed by atoms with Crippen LogP contribution in [0.15, 0.2) is 54.6 Å². The summed E-state index contributed by atoms with van der Waals surface area (Å²) in [6.45, 7) is 2.06. The quantitative estimate of drug-likeness (QED) is 0.563. The van der Waals surface area contributed by atoms with Gasteiger partial charge in [0.1, 0.15) is 6.61 Å². The van der Waals surface area contributed by atoms with Crippen LogP contribution in [0.25, 0.3) is 0 Å². The number of benzene rings is 2. The van der Waals surface area contributed by atoms with Crippen molar-refractivity contribution >= 4 is 5.97 Å². The van der Waals surface area contributed by atoms with Crippen molar-refractivity contribution in [1.29, 1.82) is 0 Å². The van der Waals surface area contributed by atoms with Crippen LogP contribution in [0.3, 0.4) is 0 Å². The molecule has 0 heterocycles. The molecule has 0 saturated carbocycles. The lowest BCUT2D eigenvalue weighted by atomic mass is 10.1. The Bertz CT molecular complexity index is 689. The minimum atomic E-state index is -0.773. The number of ether oxygens (including phenoxy) is 2. The van der Waals surface area contributed by atoms with Gasteiger partial charge in [0.25, 0.3) is 0 Å². The van der Waals surface area contributed by atoms with E-state index in [2.05, 4.69) is 0 Å². The molecule has 5 heteroatoms. The van der Waals surface area contributed by atoms with Crippen molar-refractivity contribution in [2.45, 2.75) is 20.0 Å². The predicted molar refractivity (Wildman–Crippen MR) is 86.6 cm³/mol. The van der Waals surface area contributed by atoms with Crippen LogP contribution in [0.1, 0.15) is 18.1 Å². The molecule has 0 bridgehead atoms. The molecule has 0 aliphatic carbocycles. The van der Waals surface area contributed by atoms with E-state index in [1.807, 2.05) is 30.3 Å². The van der Waals surface area contributed by atoms with Gasteiger partial charge in [-0.25, -0.2) is 13.6 Å². The van der Waals surface area contributed by atoms with Crippen LogP contribution >= 0.6 is 0 Å². The summed E-state index contributed by atoms with van der Waals surface area (Å²) in [5, 5.41) is 0. The summed E-state index contributed by atoms with van der Waals surface area (Å²) < 4.78 is 38.0. The van der Waals surface area contributed by atoms with E-state index < -0.39 is 23.4 Å². The molecule has 0 atom stereocenters. The molecule has 2 aromatic carbocycles. The van der Waals surface area contributed by atoms with Crippen molar-refractivity contribution in [1.82, 2.24) is 0 Å². The van der Waals surface area contributed by atoms with Crippen molar-refractivity contribution in [3.8, 4) is 5.75 Å². The van der Waals surface area contributed by atoms with Gasteiger partial charge in [-0.05, 0) is 36.6 Å². The van der Waals surface area contributed by atoms with Crippen LogP contribution in [0, 0.1) is 11.6 Å². The molecule has 3 nitrogen and oxygen atoms in total. The zero-order valence-electron chi connectivity index (χ0n) is 13.3. The lowest BCUT2D eigenvalue weighted by Crippen LogP contribution is -2.01. The Morgan fingerprint density at radius 1 is 1.08 bits per heavy atom. The van der Waals surface area contributed by atoms with Gasteiger partial charge in [0.05, 0.1) is 6.61 Å². The van der Waals surface area contributed by atoms with Gasteiger partial charge in [0.15, 0.2) is 17.4 Å². The number of rotatable bonds is 7. The average Bonchev–Trinajstić information content (AvgIpc) is 2.55. The third kappa shape index (κ3) is 5.19. The maximum absolute atomic E-state index is 14.0. The van der Waals surface area contributed by atoms with Crippen LogP contribution in [-0.4, -0.2) is 12.6 Å². The highest BCUT2D eigenvalue weighted by atomic mass is 19.1. The summed E-state index contributed by atoms with van der Waals surface area (Å²) in [6, 6.07) is 11.5. The Morgan fingerprint density at radius 2 is 1.75 bits per heavy atom. The fraction of sp³-hybridized carbons (Fsp3) is 0.211. The maximum atomic E-state index is 14.0. The molecule has 24 heavy (non-hydrogen) atoms. The third-order valence-corrected chi connectivity index (χ3v) is 3.18. The smallest absolute Gasteiger partial charge is 0.330 e. The molecule has 126 valence electrons. The Balaban J connectivity index is 2.01. The van der Waals surface area contributed by atoms with Crippen molar-refractivity contribution in [2.75, 3.05) is 6.61 Å². The molecule has 0 fully saturated rings. The molecule has 0 aromatic heterocycles. The molecule has 0 aliphatic rings. The second kappa shape index (κ2) is 8.82. The van der Waals surface area contributed by atoms with Crippen molar-refractivity contribution in [2.24, 2.45) is 0 Å². The first-order chi connectivity index (χ1) is 11.6. The SMILES string of the molecule is CCOC(=O)/C=C/Cc1cc(F)c(OCc2ccccc2)c(F)c1. The molecule has 0 unspecified atom stereocenters. The van der Waals surface area contributed by atoms with E-state index >= 15 is 0 Å². The minimum absolute atomic E-state index is 0.0801. The van der Waals surface area contributed by atoms with Gasteiger partial charge < -0.3 is 9.47 Å². The van der Waals surface area contributed by atoms with Gasteiger partial charge >= 0.3 is 5.97 Å². The van der Waals surface area contributed by atoms with Crippen LogP contribution in [0.5, 0.6) is 5.75 Å². The zero-order valence-corrected chi connectivity index (χ0v) is 13.3. The Hall–Kier alpha value is -2.69. The second-order valence-electron chi connectivity index (χ2n) is 5.02. The fourth-order valence-corrected chi connectivity index (χ4v) is 2.08. The highest BCUT2D eigenvalue weighted by molar-refractivity contribution is 5.81. The minimum Gasteiger partial charge on any atom is -0.483 e. The van der Waals surface area contributed by atoms with E-state index in [-0.39, 0.29) is 19.6 Å². The van der Waals surface area contributed by atoms with Gasteiger partial charge in [-0.1, -0.05) is 36.4 Å². The van der Waals surface area contributed by atoms with Crippen molar-refractivity contribution in [3.63, 3.8) is 0 Å². The molecular weight excluding hydrogens is 314 g/mol. The number of hydrogen-bond acceptors (Lipinski definition) is 3. The van der Waals surface area contributed by atoms with Crippen molar-refractivity contribution in [3.05, 3.63) is 77.4 Å². The Kier molecular flexibility index (Phi) is 6.49. The average molecular weight is 332 g/mol. The first-order valence-electron chi connectivity index (χ1n) is 7.58. The lowest BCUT2D eigenvalue weighted by molar-refractivity contribution is -0.137. The highest BCUT2D eigenvalue weighted by Crippen LogP contribution is 2.24. The Labute approximate surface area is 139 Å². The molecule has 2 rings (SSSR count). The second-order valence-corrected chi connectivity index (χ2v) is 5.02. The Morgan fingerprint density at radius 3 is 2.38 bits per heavy atom. The van der Waals surface area contributed by atoms with Crippen LogP contribution in [-0.2, 0) is 22.6 Å². The topological polar surface area (TPSA) is 35.5 Å². The predicted octanol–water partition coefficient (Wildman–Crippen LogP) is 4.21. The monoisotopic (exact) mass is 332 g/mol. The number of allylic oxidation sites excluding steroid dienone is 1. The number of hydrogen-bond donors (Lipinski definition) is 0. The van der Waals surface area contributed by atoms with E-state index in [0.717, 1.165) is 5.56 Å².